The maximum atomic E-state index is 13.3. The Balaban J connectivity index is 1.64. The van der Waals surface area contributed by atoms with Gasteiger partial charge >= 0.3 is 0 Å². The molecule has 2 aromatic heterocycles. The summed E-state index contributed by atoms with van der Waals surface area (Å²) in [5, 5.41) is 9.10. The largest absolute Gasteiger partial charge is 0.497 e. The number of benzene rings is 2. The normalized spacial score (nSPS) is 10.4. The van der Waals surface area contributed by atoms with Crippen LogP contribution in [0, 0.1) is 5.82 Å². The molecular weight excluding hydrogens is 463 g/mol. The van der Waals surface area contributed by atoms with Crippen molar-refractivity contribution in [2.75, 3.05) is 31.9 Å². The topological polar surface area (TPSA) is 110 Å². The Morgan fingerprint density at radius 1 is 0.972 bits per heavy atom. The molecule has 0 saturated heterocycles. The molecule has 0 aliphatic heterocycles. The fourth-order valence-corrected chi connectivity index (χ4v) is 3.52. The number of aromatic nitrogens is 3. The number of halogens is 1. The van der Waals surface area contributed by atoms with Gasteiger partial charge in [-0.25, -0.2) is 19.3 Å². The second-order valence-corrected chi connectivity index (χ2v) is 7.61. The molecule has 0 fully saturated rings. The molecule has 0 unspecified atom stereocenters. The van der Waals surface area contributed by atoms with Crippen molar-refractivity contribution < 1.29 is 18.7 Å². The van der Waals surface area contributed by atoms with Gasteiger partial charge < -0.3 is 25.4 Å². The van der Waals surface area contributed by atoms with Gasteiger partial charge in [-0.15, -0.1) is 0 Å². The van der Waals surface area contributed by atoms with E-state index in [0.29, 0.717) is 46.6 Å². The number of nitrogens with zero attached hydrogens (tertiary/aromatic N) is 3. The molecule has 1 amide bonds. The maximum Gasteiger partial charge on any atom is 0.254 e. The average molecular weight is 489 g/mol. The van der Waals surface area contributed by atoms with Crippen LogP contribution in [0.25, 0.3) is 11.4 Å². The van der Waals surface area contributed by atoms with Crippen LogP contribution < -0.4 is 25.4 Å². The van der Waals surface area contributed by atoms with Crippen LogP contribution in [0.4, 0.5) is 21.7 Å². The predicted molar refractivity (Wildman–Crippen MR) is 135 cm³/mol. The molecule has 4 rings (SSSR count). The first-order valence-corrected chi connectivity index (χ1v) is 11.0. The average Bonchev–Trinajstić information content (AvgIpc) is 2.92. The number of amides is 1. The second-order valence-electron chi connectivity index (χ2n) is 7.61. The standard InChI is InChI=1S/C26H25FN6O3/c1-28-26(34)20-11-12-22(29-13-16-7-9-18(35-2)10-8-16)33-25(20)32-21-6-4-5-19(23(21)36-3)24-30-14-17(27)15-31-24/h4-12,14-15H,13H2,1-3H3,(H,28,34)(H2,29,32,33). The maximum absolute atomic E-state index is 13.3. The van der Waals surface area contributed by atoms with Crippen molar-refractivity contribution in [2.24, 2.45) is 0 Å². The van der Waals surface area contributed by atoms with Crippen LogP contribution >= 0.6 is 0 Å². The third-order valence-corrected chi connectivity index (χ3v) is 5.33. The summed E-state index contributed by atoms with van der Waals surface area (Å²) in [5.74, 6) is 1.55. The van der Waals surface area contributed by atoms with E-state index in [1.54, 1.807) is 44.5 Å². The molecule has 184 valence electrons. The van der Waals surface area contributed by atoms with Gasteiger partial charge in [0.25, 0.3) is 5.91 Å². The minimum Gasteiger partial charge on any atom is -0.497 e. The molecule has 0 atom stereocenters. The number of methoxy groups -OCH3 is 2. The Morgan fingerprint density at radius 2 is 1.72 bits per heavy atom. The lowest BCUT2D eigenvalue weighted by atomic mass is 10.1. The van der Waals surface area contributed by atoms with Crippen molar-refractivity contribution in [1.29, 1.82) is 0 Å². The lowest BCUT2D eigenvalue weighted by Gasteiger charge is -2.17. The Morgan fingerprint density at radius 3 is 2.39 bits per heavy atom. The van der Waals surface area contributed by atoms with Crippen LogP contribution in [0.2, 0.25) is 0 Å². The van der Waals surface area contributed by atoms with Gasteiger partial charge in [-0.2, -0.15) is 0 Å². The third-order valence-electron chi connectivity index (χ3n) is 5.33. The number of carbonyl (C=O) groups excluding carboxylic acids is 1. The van der Waals surface area contributed by atoms with Crippen molar-refractivity contribution in [1.82, 2.24) is 20.3 Å². The zero-order valence-electron chi connectivity index (χ0n) is 20.0. The second kappa shape index (κ2) is 11.1. The lowest BCUT2D eigenvalue weighted by Crippen LogP contribution is -2.20. The molecule has 36 heavy (non-hydrogen) atoms. The van der Waals surface area contributed by atoms with Gasteiger partial charge in [0, 0.05) is 13.6 Å². The number of carbonyl (C=O) groups is 1. The molecule has 10 heteroatoms. The summed E-state index contributed by atoms with van der Waals surface area (Å²) in [6.07, 6.45) is 2.18. The molecule has 3 N–H and O–H groups in total. The molecule has 0 spiro atoms. The SMILES string of the molecule is CNC(=O)c1ccc(NCc2ccc(OC)cc2)nc1Nc1cccc(-c2ncc(F)cn2)c1OC. The van der Waals surface area contributed by atoms with Crippen molar-refractivity contribution in [3.63, 3.8) is 0 Å². The summed E-state index contributed by atoms with van der Waals surface area (Å²) in [5.41, 5.74) is 2.47. The van der Waals surface area contributed by atoms with E-state index in [1.165, 1.54) is 7.11 Å². The van der Waals surface area contributed by atoms with Gasteiger partial charge in [0.15, 0.2) is 17.4 Å². The number of pyridine rings is 1. The van der Waals surface area contributed by atoms with Gasteiger partial charge in [-0.3, -0.25) is 4.79 Å². The van der Waals surface area contributed by atoms with Crippen LogP contribution in [-0.2, 0) is 6.54 Å². The number of hydrogen-bond acceptors (Lipinski definition) is 8. The highest BCUT2D eigenvalue weighted by atomic mass is 19.1. The summed E-state index contributed by atoms with van der Waals surface area (Å²) in [6, 6.07) is 16.4. The van der Waals surface area contributed by atoms with E-state index in [9.17, 15) is 9.18 Å². The molecule has 2 aromatic carbocycles. The monoisotopic (exact) mass is 488 g/mol. The Bertz CT molecular complexity index is 1350. The number of ether oxygens (including phenoxy) is 2. The van der Waals surface area contributed by atoms with Gasteiger partial charge in [-0.05, 0) is 42.0 Å². The Kier molecular flexibility index (Phi) is 7.54. The smallest absolute Gasteiger partial charge is 0.254 e. The fraction of sp³-hybridized carbons (Fsp3) is 0.154. The van der Waals surface area contributed by atoms with Crippen LogP contribution in [0.15, 0.2) is 67.0 Å². The number of nitrogens with one attached hydrogen (secondary N) is 3. The molecule has 0 bridgehead atoms. The zero-order valence-corrected chi connectivity index (χ0v) is 20.0. The van der Waals surface area contributed by atoms with Crippen molar-refractivity contribution in [3.05, 3.63) is 83.9 Å². The summed E-state index contributed by atoms with van der Waals surface area (Å²) >= 11 is 0. The fourth-order valence-electron chi connectivity index (χ4n) is 3.52. The molecule has 0 aliphatic rings. The van der Waals surface area contributed by atoms with Crippen LogP contribution in [0.1, 0.15) is 15.9 Å². The van der Waals surface area contributed by atoms with Crippen molar-refractivity contribution in [2.45, 2.75) is 6.54 Å². The van der Waals surface area contributed by atoms with E-state index in [1.807, 2.05) is 24.3 Å². The van der Waals surface area contributed by atoms with E-state index in [-0.39, 0.29) is 5.91 Å². The number of hydrogen-bond donors (Lipinski definition) is 3. The van der Waals surface area contributed by atoms with Crippen molar-refractivity contribution in [3.8, 4) is 22.9 Å². The minimum absolute atomic E-state index is 0.297. The molecule has 0 radical (unpaired) electrons. The third kappa shape index (κ3) is 5.49. The van der Waals surface area contributed by atoms with Gasteiger partial charge in [-0.1, -0.05) is 18.2 Å². The molecule has 0 aliphatic carbocycles. The summed E-state index contributed by atoms with van der Waals surface area (Å²) < 4.78 is 24.1. The molecule has 0 saturated carbocycles. The molecular formula is C26H25FN6O3. The first-order valence-electron chi connectivity index (χ1n) is 11.0. The van der Waals surface area contributed by atoms with Gasteiger partial charge in [0.2, 0.25) is 0 Å². The first-order chi connectivity index (χ1) is 17.5. The lowest BCUT2D eigenvalue weighted by molar-refractivity contribution is 0.0963. The number of rotatable bonds is 9. The van der Waals surface area contributed by atoms with Gasteiger partial charge in [0.1, 0.15) is 17.4 Å². The van der Waals surface area contributed by atoms with E-state index < -0.39 is 5.82 Å². The highest BCUT2D eigenvalue weighted by molar-refractivity contribution is 6.00. The minimum atomic E-state index is -0.537. The number of para-hydroxylation sites is 1. The quantitative estimate of drug-likeness (QED) is 0.318. The first kappa shape index (κ1) is 24.4. The van der Waals surface area contributed by atoms with Crippen LogP contribution in [-0.4, -0.2) is 42.1 Å². The molecule has 4 aromatic rings. The van der Waals surface area contributed by atoms with E-state index >= 15 is 0 Å². The Labute approximate surface area is 207 Å². The predicted octanol–water partition coefficient (Wildman–Crippen LogP) is 4.41. The highest BCUT2D eigenvalue weighted by Gasteiger charge is 2.18. The van der Waals surface area contributed by atoms with E-state index in [0.717, 1.165) is 23.7 Å². The molecule has 9 nitrogen and oxygen atoms in total. The van der Waals surface area contributed by atoms with E-state index in [2.05, 4.69) is 30.9 Å². The summed E-state index contributed by atoms with van der Waals surface area (Å²) in [4.78, 5) is 25.3. The van der Waals surface area contributed by atoms with Crippen molar-refractivity contribution >= 4 is 23.2 Å². The summed E-state index contributed by atoms with van der Waals surface area (Å²) in [6.45, 7) is 0.524. The van der Waals surface area contributed by atoms with Crippen LogP contribution in [0.5, 0.6) is 11.5 Å². The Hall–Kier alpha value is -4.73. The number of anilines is 3. The highest BCUT2D eigenvalue weighted by Crippen LogP contribution is 2.36. The van der Waals surface area contributed by atoms with E-state index in [4.69, 9.17) is 9.47 Å². The van der Waals surface area contributed by atoms with Gasteiger partial charge in [0.05, 0.1) is 43.4 Å². The van der Waals surface area contributed by atoms with Crippen LogP contribution in [0.3, 0.4) is 0 Å². The summed E-state index contributed by atoms with van der Waals surface area (Å²) in [7, 11) is 4.68. The molecule has 2 heterocycles. The zero-order chi connectivity index (χ0) is 25.5.